The highest BCUT2D eigenvalue weighted by atomic mass is 32.2. The summed E-state index contributed by atoms with van der Waals surface area (Å²) in [6, 6.07) is 10.8. The molecule has 2 heteroatoms. The van der Waals surface area contributed by atoms with E-state index in [-0.39, 0.29) is 5.60 Å². The van der Waals surface area contributed by atoms with Crippen LogP contribution >= 0.6 is 11.8 Å². The predicted octanol–water partition coefficient (Wildman–Crippen LogP) is 5.67. The van der Waals surface area contributed by atoms with Crippen molar-refractivity contribution in [3.8, 4) is 0 Å². The summed E-state index contributed by atoms with van der Waals surface area (Å²) < 4.78 is 6.69. The summed E-state index contributed by atoms with van der Waals surface area (Å²) in [4.78, 5) is 2.82. The minimum Gasteiger partial charge on any atom is -0.366 e. The molecule has 2 fully saturated rings. The standard InChI is InChI=1S/C20H26OS/c1-14(2)17-11-12-20-18(22-16-7-5-4-6-8-16)10-9-15(21-20)13-19(17,20)3/h4-8,10,14-15,17H,9,11-13H2,1-3H3/t15-,17+,19+,20+/m0/s1. The zero-order valence-electron chi connectivity index (χ0n) is 13.8. The third kappa shape index (κ3) is 1.96. The van der Waals surface area contributed by atoms with Crippen LogP contribution in [0, 0.1) is 17.3 Å². The van der Waals surface area contributed by atoms with Crippen LogP contribution < -0.4 is 0 Å². The average Bonchev–Trinajstić information content (AvgIpc) is 2.88. The van der Waals surface area contributed by atoms with Crippen molar-refractivity contribution in [2.24, 2.45) is 17.3 Å². The maximum atomic E-state index is 6.69. The lowest BCUT2D eigenvalue weighted by Gasteiger charge is -2.43. The highest BCUT2D eigenvalue weighted by molar-refractivity contribution is 8.03. The molecule has 4 atom stereocenters. The Morgan fingerprint density at radius 2 is 2.00 bits per heavy atom. The van der Waals surface area contributed by atoms with Crippen molar-refractivity contribution in [3.05, 3.63) is 41.3 Å². The first-order valence-corrected chi connectivity index (χ1v) is 9.48. The first kappa shape index (κ1) is 14.8. The Bertz CT molecular complexity index is 593. The topological polar surface area (TPSA) is 9.23 Å². The Kier molecular flexibility index (Phi) is 3.47. The van der Waals surface area contributed by atoms with Gasteiger partial charge >= 0.3 is 0 Å². The lowest BCUT2D eigenvalue weighted by molar-refractivity contribution is -0.0500. The molecule has 118 valence electrons. The van der Waals surface area contributed by atoms with Gasteiger partial charge in [-0.3, -0.25) is 0 Å². The van der Waals surface area contributed by atoms with Gasteiger partial charge in [0.25, 0.3) is 0 Å². The van der Waals surface area contributed by atoms with E-state index < -0.39 is 0 Å². The van der Waals surface area contributed by atoms with Crippen molar-refractivity contribution in [2.75, 3.05) is 0 Å². The number of hydrogen-bond acceptors (Lipinski definition) is 2. The van der Waals surface area contributed by atoms with Gasteiger partial charge in [-0.1, -0.05) is 56.8 Å². The monoisotopic (exact) mass is 314 g/mol. The van der Waals surface area contributed by atoms with E-state index in [1.54, 1.807) is 0 Å². The molecular weight excluding hydrogens is 288 g/mol. The van der Waals surface area contributed by atoms with Crippen LogP contribution in [-0.4, -0.2) is 11.7 Å². The van der Waals surface area contributed by atoms with Gasteiger partial charge in [-0.2, -0.15) is 0 Å². The van der Waals surface area contributed by atoms with Gasteiger partial charge < -0.3 is 4.74 Å². The van der Waals surface area contributed by atoms with Crippen LogP contribution in [-0.2, 0) is 4.74 Å². The van der Waals surface area contributed by atoms with Gasteiger partial charge in [0, 0.05) is 15.2 Å². The van der Waals surface area contributed by atoms with Gasteiger partial charge in [-0.25, -0.2) is 0 Å². The van der Waals surface area contributed by atoms with Crippen LogP contribution in [0.25, 0.3) is 0 Å². The molecular formula is C20H26OS. The number of rotatable bonds is 3. The highest BCUT2D eigenvalue weighted by Gasteiger charge is 2.66. The molecule has 0 amide bonds. The van der Waals surface area contributed by atoms with E-state index >= 15 is 0 Å². The molecule has 1 saturated heterocycles. The molecule has 1 spiro atoms. The Hall–Kier alpha value is -0.730. The Labute approximate surface area is 138 Å². The fourth-order valence-electron chi connectivity index (χ4n) is 5.38. The number of benzene rings is 1. The zero-order chi connectivity index (χ0) is 15.4. The third-order valence-corrected chi connectivity index (χ3v) is 7.53. The van der Waals surface area contributed by atoms with Gasteiger partial charge in [-0.15, -0.1) is 0 Å². The van der Waals surface area contributed by atoms with Gasteiger partial charge in [-0.05, 0) is 49.7 Å². The number of hydrogen-bond donors (Lipinski definition) is 0. The highest BCUT2D eigenvalue weighted by Crippen LogP contribution is 2.68. The van der Waals surface area contributed by atoms with Gasteiger partial charge in [0.2, 0.25) is 0 Å². The third-order valence-electron chi connectivity index (χ3n) is 6.31. The summed E-state index contributed by atoms with van der Waals surface area (Å²) in [5, 5.41) is 0. The molecule has 0 aromatic heterocycles. The molecule has 2 aliphatic heterocycles. The largest absolute Gasteiger partial charge is 0.366 e. The van der Waals surface area contributed by atoms with Crippen LogP contribution in [0.1, 0.15) is 46.5 Å². The van der Waals surface area contributed by atoms with E-state index in [0.717, 1.165) is 18.3 Å². The second-order valence-electron chi connectivity index (χ2n) is 7.80. The molecule has 2 bridgehead atoms. The molecule has 0 N–H and O–H groups in total. The first-order chi connectivity index (χ1) is 10.6. The molecule has 1 aromatic carbocycles. The van der Waals surface area contributed by atoms with Gasteiger partial charge in [0.05, 0.1) is 6.10 Å². The SMILES string of the molecule is CC(C)[C@H]1CC[C@@]23O[C@@H](CC=C2Sc2ccccc2)C[C@]13C. The van der Waals surface area contributed by atoms with E-state index in [0.29, 0.717) is 11.5 Å². The molecule has 4 rings (SSSR count). The lowest BCUT2D eigenvalue weighted by Crippen LogP contribution is -2.44. The molecule has 3 aliphatic rings. The van der Waals surface area contributed by atoms with E-state index in [4.69, 9.17) is 4.74 Å². The molecule has 0 unspecified atom stereocenters. The van der Waals surface area contributed by atoms with Crippen LogP contribution in [0.5, 0.6) is 0 Å². The number of fused-ring (bicyclic) bond motifs is 1. The smallest absolute Gasteiger partial charge is 0.105 e. The van der Waals surface area contributed by atoms with Crippen molar-refractivity contribution in [2.45, 2.75) is 63.1 Å². The van der Waals surface area contributed by atoms with E-state index in [2.05, 4.69) is 57.2 Å². The molecule has 1 saturated carbocycles. The normalized spacial score (nSPS) is 39.9. The Morgan fingerprint density at radius 3 is 2.73 bits per heavy atom. The minimum atomic E-state index is -0.00857. The summed E-state index contributed by atoms with van der Waals surface area (Å²) >= 11 is 1.94. The number of ether oxygens (including phenoxy) is 1. The van der Waals surface area contributed by atoms with Crippen LogP contribution in [0.15, 0.2) is 46.2 Å². The quantitative estimate of drug-likeness (QED) is 0.711. The predicted molar refractivity (Wildman–Crippen MR) is 92.9 cm³/mol. The number of thioether (sulfide) groups is 1. The Morgan fingerprint density at radius 1 is 1.23 bits per heavy atom. The summed E-state index contributed by atoms with van der Waals surface area (Å²) in [7, 11) is 0. The van der Waals surface area contributed by atoms with E-state index in [1.807, 2.05) is 11.8 Å². The summed E-state index contributed by atoms with van der Waals surface area (Å²) in [5.74, 6) is 1.53. The second-order valence-corrected chi connectivity index (χ2v) is 8.91. The molecule has 22 heavy (non-hydrogen) atoms. The van der Waals surface area contributed by atoms with Crippen molar-refractivity contribution in [1.82, 2.24) is 0 Å². The summed E-state index contributed by atoms with van der Waals surface area (Å²) in [6.07, 6.45) is 7.79. The molecule has 2 heterocycles. The van der Waals surface area contributed by atoms with Crippen molar-refractivity contribution in [1.29, 1.82) is 0 Å². The average molecular weight is 314 g/mol. The van der Waals surface area contributed by atoms with E-state index in [9.17, 15) is 0 Å². The Balaban J connectivity index is 1.71. The molecule has 1 nitrogen and oxygen atoms in total. The van der Waals surface area contributed by atoms with Crippen molar-refractivity contribution >= 4 is 11.8 Å². The minimum absolute atomic E-state index is 0.00857. The van der Waals surface area contributed by atoms with Gasteiger partial charge in [0.1, 0.15) is 5.60 Å². The molecule has 0 radical (unpaired) electrons. The van der Waals surface area contributed by atoms with E-state index in [1.165, 1.54) is 29.1 Å². The van der Waals surface area contributed by atoms with Crippen molar-refractivity contribution in [3.63, 3.8) is 0 Å². The lowest BCUT2D eigenvalue weighted by atomic mass is 9.67. The van der Waals surface area contributed by atoms with Crippen LogP contribution in [0.4, 0.5) is 0 Å². The van der Waals surface area contributed by atoms with Crippen molar-refractivity contribution < 1.29 is 4.74 Å². The molecule has 1 aromatic rings. The molecule has 1 aliphatic carbocycles. The van der Waals surface area contributed by atoms with Crippen LogP contribution in [0.2, 0.25) is 0 Å². The maximum Gasteiger partial charge on any atom is 0.105 e. The van der Waals surface area contributed by atoms with Crippen LogP contribution in [0.3, 0.4) is 0 Å². The zero-order valence-corrected chi connectivity index (χ0v) is 14.7. The fraction of sp³-hybridized carbons (Fsp3) is 0.600. The summed E-state index contributed by atoms with van der Waals surface area (Å²) in [6.45, 7) is 7.30. The first-order valence-electron chi connectivity index (χ1n) is 8.66. The maximum absolute atomic E-state index is 6.69. The fourth-order valence-corrected chi connectivity index (χ4v) is 6.65. The summed E-state index contributed by atoms with van der Waals surface area (Å²) in [5.41, 5.74) is 0.307. The second kappa shape index (κ2) is 5.14. The van der Waals surface area contributed by atoms with Gasteiger partial charge in [0.15, 0.2) is 0 Å².